The molecule has 1 aliphatic carbocycles. The Morgan fingerprint density at radius 2 is 1.85 bits per heavy atom. The van der Waals surface area contributed by atoms with E-state index in [9.17, 15) is 18.0 Å². The first-order valence-corrected chi connectivity index (χ1v) is 13.4. The highest BCUT2D eigenvalue weighted by Crippen LogP contribution is 2.33. The summed E-state index contributed by atoms with van der Waals surface area (Å²) in [5, 5.41) is 14.0. The standard InChI is InChI=1S/C29H34F3N7O/c1-18-9-10-21(13-27(18)39-17-26(36-38(39)4)25-16-34-37(3)19(25)2)28(40)35-24-12-20(11-22(14-24)29(30,31)32)15-33-23-7-5-6-8-23/h9-14,16-17,23,33,36H,5-8,15H2,1-4H3,(H,35,40). The molecule has 3 N–H and O–H groups in total. The molecular weight excluding hydrogens is 519 g/mol. The van der Waals surface area contributed by atoms with Crippen LogP contribution in [-0.2, 0) is 19.8 Å². The summed E-state index contributed by atoms with van der Waals surface area (Å²) in [5.41, 5.74) is 7.91. The molecule has 0 atom stereocenters. The normalized spacial score (nSPS) is 16.4. The van der Waals surface area contributed by atoms with Crippen molar-refractivity contribution >= 4 is 23.0 Å². The van der Waals surface area contributed by atoms with Crippen LogP contribution in [0.4, 0.5) is 24.5 Å². The van der Waals surface area contributed by atoms with E-state index in [2.05, 4.69) is 21.2 Å². The number of carbonyl (C=O) groups excluding carboxylic acids is 1. The van der Waals surface area contributed by atoms with Gasteiger partial charge in [-0.25, -0.2) is 0 Å². The van der Waals surface area contributed by atoms with Gasteiger partial charge in [-0.2, -0.15) is 18.3 Å². The zero-order valence-corrected chi connectivity index (χ0v) is 23.1. The number of alkyl halides is 3. The summed E-state index contributed by atoms with van der Waals surface area (Å²) in [6, 6.07) is 9.27. The van der Waals surface area contributed by atoms with Crippen LogP contribution in [0.25, 0.3) is 5.70 Å². The van der Waals surface area contributed by atoms with E-state index in [1.54, 1.807) is 34.2 Å². The molecular formula is C29H34F3N7O. The van der Waals surface area contributed by atoms with Crippen molar-refractivity contribution in [2.24, 2.45) is 7.05 Å². The predicted molar refractivity (Wildman–Crippen MR) is 149 cm³/mol. The van der Waals surface area contributed by atoms with E-state index in [0.717, 1.165) is 66.0 Å². The van der Waals surface area contributed by atoms with Crippen LogP contribution in [0, 0.1) is 13.8 Å². The number of benzene rings is 2. The lowest BCUT2D eigenvalue weighted by Gasteiger charge is -2.26. The molecule has 3 aromatic rings. The Morgan fingerprint density at radius 3 is 2.52 bits per heavy atom. The van der Waals surface area contributed by atoms with Gasteiger partial charge in [0.1, 0.15) is 0 Å². The first kappa shape index (κ1) is 27.7. The number of halogens is 3. The van der Waals surface area contributed by atoms with Crippen molar-refractivity contribution in [2.75, 3.05) is 17.4 Å². The fraction of sp³-hybridized carbons (Fsp3) is 0.379. The number of aryl methyl sites for hydroxylation is 2. The van der Waals surface area contributed by atoms with Crippen LogP contribution in [0.15, 0.2) is 48.8 Å². The molecule has 212 valence electrons. The van der Waals surface area contributed by atoms with Crippen molar-refractivity contribution in [3.63, 3.8) is 0 Å². The minimum absolute atomic E-state index is 0.111. The first-order valence-electron chi connectivity index (χ1n) is 13.4. The molecule has 8 nitrogen and oxygen atoms in total. The van der Waals surface area contributed by atoms with Crippen molar-refractivity contribution in [1.29, 1.82) is 0 Å². The van der Waals surface area contributed by atoms with E-state index >= 15 is 0 Å². The van der Waals surface area contributed by atoms with Gasteiger partial charge in [0.05, 0.1) is 23.1 Å². The lowest BCUT2D eigenvalue weighted by Crippen LogP contribution is -2.39. The van der Waals surface area contributed by atoms with E-state index in [1.807, 2.05) is 45.2 Å². The van der Waals surface area contributed by atoms with Crippen LogP contribution in [0.1, 0.15) is 64.0 Å². The Bertz CT molecular complexity index is 1440. The SMILES string of the molecule is Cc1ccc(C(=O)Nc2cc(CNC3CCCC3)cc(C(F)(F)F)c2)cc1N1C=C(c2cnn(C)c2C)NN1C. The van der Waals surface area contributed by atoms with Gasteiger partial charge in [0, 0.05) is 55.4 Å². The lowest BCUT2D eigenvalue weighted by atomic mass is 10.1. The molecule has 2 aliphatic rings. The van der Waals surface area contributed by atoms with Gasteiger partial charge in [-0.15, -0.1) is 5.12 Å². The molecule has 40 heavy (non-hydrogen) atoms. The molecule has 2 heterocycles. The van der Waals surface area contributed by atoms with Gasteiger partial charge in [-0.1, -0.05) is 18.9 Å². The minimum Gasteiger partial charge on any atom is -0.322 e. The summed E-state index contributed by atoms with van der Waals surface area (Å²) in [7, 11) is 3.73. The second-order valence-corrected chi connectivity index (χ2v) is 10.5. The van der Waals surface area contributed by atoms with Gasteiger partial charge in [0.25, 0.3) is 5.91 Å². The Labute approximate surface area is 231 Å². The fourth-order valence-electron chi connectivity index (χ4n) is 5.21. The first-order chi connectivity index (χ1) is 19.0. The Kier molecular flexibility index (Phi) is 7.61. The second-order valence-electron chi connectivity index (χ2n) is 10.5. The second kappa shape index (κ2) is 11.0. The Morgan fingerprint density at radius 1 is 1.10 bits per heavy atom. The van der Waals surface area contributed by atoms with E-state index in [-0.39, 0.29) is 5.69 Å². The molecule has 0 saturated heterocycles. The summed E-state index contributed by atoms with van der Waals surface area (Å²) < 4.78 is 42.8. The summed E-state index contributed by atoms with van der Waals surface area (Å²) >= 11 is 0. The van der Waals surface area contributed by atoms with Crippen LogP contribution in [0.2, 0.25) is 0 Å². The maximum atomic E-state index is 13.7. The fourth-order valence-corrected chi connectivity index (χ4v) is 5.21. The zero-order valence-electron chi connectivity index (χ0n) is 23.1. The van der Waals surface area contributed by atoms with Gasteiger partial charge >= 0.3 is 6.18 Å². The minimum atomic E-state index is -4.52. The third kappa shape index (κ3) is 5.85. The molecule has 0 bridgehead atoms. The average molecular weight is 554 g/mol. The van der Waals surface area contributed by atoms with Crippen molar-refractivity contribution in [1.82, 2.24) is 25.6 Å². The van der Waals surface area contributed by atoms with Crippen LogP contribution in [0.3, 0.4) is 0 Å². The van der Waals surface area contributed by atoms with Gasteiger partial charge in [-0.05, 0) is 68.1 Å². The summed E-state index contributed by atoms with van der Waals surface area (Å²) in [6.07, 6.45) is 3.49. The molecule has 11 heteroatoms. The van der Waals surface area contributed by atoms with Gasteiger partial charge in [-0.3, -0.25) is 19.9 Å². The third-order valence-electron chi connectivity index (χ3n) is 7.63. The van der Waals surface area contributed by atoms with Crippen molar-refractivity contribution in [2.45, 2.75) is 58.3 Å². The van der Waals surface area contributed by atoms with Gasteiger partial charge in [0.15, 0.2) is 0 Å². The molecule has 1 saturated carbocycles. The van der Waals surface area contributed by atoms with E-state index in [0.29, 0.717) is 23.7 Å². The monoisotopic (exact) mass is 553 g/mol. The molecule has 1 fully saturated rings. The van der Waals surface area contributed by atoms with Crippen LogP contribution in [-0.4, -0.2) is 33.9 Å². The number of nitrogens with one attached hydrogen (secondary N) is 3. The molecule has 1 amide bonds. The highest BCUT2D eigenvalue weighted by molar-refractivity contribution is 6.05. The number of rotatable bonds is 7. The highest BCUT2D eigenvalue weighted by atomic mass is 19.4. The van der Waals surface area contributed by atoms with Crippen LogP contribution in [0.5, 0.6) is 0 Å². The van der Waals surface area contributed by atoms with E-state index < -0.39 is 17.6 Å². The molecule has 0 radical (unpaired) electrons. The number of anilines is 2. The topological polar surface area (TPSA) is 77.5 Å². The number of aromatic nitrogens is 2. The predicted octanol–water partition coefficient (Wildman–Crippen LogP) is 5.51. The maximum absolute atomic E-state index is 13.7. The van der Waals surface area contributed by atoms with Crippen LogP contribution >= 0.6 is 0 Å². The third-order valence-corrected chi connectivity index (χ3v) is 7.63. The number of hydrazine groups is 2. The van der Waals surface area contributed by atoms with Gasteiger partial charge in [0.2, 0.25) is 0 Å². The highest BCUT2D eigenvalue weighted by Gasteiger charge is 2.31. The van der Waals surface area contributed by atoms with Crippen LogP contribution < -0.4 is 21.1 Å². The number of amides is 1. The Hall–Kier alpha value is -3.83. The zero-order chi connectivity index (χ0) is 28.6. The summed E-state index contributed by atoms with van der Waals surface area (Å²) in [4.78, 5) is 13.3. The molecule has 5 rings (SSSR count). The summed E-state index contributed by atoms with van der Waals surface area (Å²) in [6.45, 7) is 4.22. The molecule has 2 aromatic carbocycles. The van der Waals surface area contributed by atoms with Gasteiger partial charge < -0.3 is 10.6 Å². The van der Waals surface area contributed by atoms with Crippen molar-refractivity contribution in [3.05, 3.63) is 82.3 Å². The number of carbonyl (C=O) groups is 1. The number of hydrogen-bond donors (Lipinski definition) is 3. The quantitative estimate of drug-likeness (QED) is 0.358. The Balaban J connectivity index is 1.38. The maximum Gasteiger partial charge on any atom is 0.416 e. The summed E-state index contributed by atoms with van der Waals surface area (Å²) in [5.74, 6) is -0.489. The molecule has 0 unspecified atom stereocenters. The smallest absolute Gasteiger partial charge is 0.322 e. The van der Waals surface area contributed by atoms with E-state index in [1.165, 1.54) is 0 Å². The van der Waals surface area contributed by atoms with E-state index in [4.69, 9.17) is 0 Å². The van der Waals surface area contributed by atoms with Crippen molar-refractivity contribution < 1.29 is 18.0 Å². The average Bonchev–Trinajstić information content (AvgIpc) is 3.64. The largest absolute Gasteiger partial charge is 0.416 e. The molecule has 1 aliphatic heterocycles. The number of nitrogens with zero attached hydrogens (tertiary/aromatic N) is 4. The molecule has 0 spiro atoms. The lowest BCUT2D eigenvalue weighted by molar-refractivity contribution is -0.137. The van der Waals surface area contributed by atoms with Crippen molar-refractivity contribution in [3.8, 4) is 0 Å². The number of hydrogen-bond acceptors (Lipinski definition) is 6. The molecule has 1 aromatic heterocycles.